The van der Waals surface area contributed by atoms with Crippen LogP contribution in [-0.4, -0.2) is 21.5 Å². The average Bonchev–Trinajstić information content (AvgIpc) is 2.72. The average molecular weight is 375 g/mol. The zero-order valence-electron chi connectivity index (χ0n) is 12.7. The Kier molecular flexibility index (Phi) is 5.46. The fourth-order valence-electron chi connectivity index (χ4n) is 2.86. The third-order valence-corrected chi connectivity index (χ3v) is 6.92. The molecular weight excluding hydrogens is 352 g/mol. The van der Waals surface area contributed by atoms with Gasteiger partial charge in [0, 0.05) is 17.1 Å². The monoisotopic (exact) mass is 374 g/mol. The highest BCUT2D eigenvalue weighted by atomic mass is 79.9. The second kappa shape index (κ2) is 6.77. The van der Waals surface area contributed by atoms with Gasteiger partial charge >= 0.3 is 0 Å². The van der Waals surface area contributed by atoms with Gasteiger partial charge in [-0.05, 0) is 65.4 Å². The van der Waals surface area contributed by atoms with Gasteiger partial charge in [-0.15, -0.1) is 0 Å². The predicted octanol–water partition coefficient (Wildman–Crippen LogP) is 2.88. The summed E-state index contributed by atoms with van der Waals surface area (Å²) in [4.78, 5) is 0.321. The van der Waals surface area contributed by atoms with Crippen molar-refractivity contribution in [2.24, 2.45) is 11.8 Å². The molecule has 21 heavy (non-hydrogen) atoms. The normalized spacial score (nSPS) is 26.2. The van der Waals surface area contributed by atoms with E-state index in [0.29, 0.717) is 27.7 Å². The van der Waals surface area contributed by atoms with Gasteiger partial charge in [0.05, 0.1) is 4.90 Å². The van der Waals surface area contributed by atoms with Crippen LogP contribution in [0.4, 0.5) is 0 Å². The van der Waals surface area contributed by atoms with E-state index in [4.69, 9.17) is 0 Å². The van der Waals surface area contributed by atoms with E-state index in [-0.39, 0.29) is 6.04 Å². The Morgan fingerprint density at radius 1 is 1.29 bits per heavy atom. The lowest BCUT2D eigenvalue weighted by molar-refractivity contribution is 0.402. The Bertz CT molecular complexity index is 604. The topological polar surface area (TPSA) is 58.2 Å². The fraction of sp³-hybridized carbons (Fsp3) is 0.600. The first-order valence-corrected chi connectivity index (χ1v) is 9.58. The molecule has 2 rings (SSSR count). The predicted molar refractivity (Wildman–Crippen MR) is 88.6 cm³/mol. The van der Waals surface area contributed by atoms with E-state index in [1.807, 2.05) is 13.1 Å². The first kappa shape index (κ1) is 16.9. The van der Waals surface area contributed by atoms with Crippen LogP contribution in [0.5, 0.6) is 0 Å². The lowest BCUT2D eigenvalue weighted by Crippen LogP contribution is -2.37. The number of benzene rings is 1. The Hall–Kier alpha value is -0.430. The summed E-state index contributed by atoms with van der Waals surface area (Å²) in [5.41, 5.74) is 0.953. The maximum Gasteiger partial charge on any atom is 0.241 e. The van der Waals surface area contributed by atoms with Gasteiger partial charge < -0.3 is 5.32 Å². The molecule has 1 aliphatic carbocycles. The molecule has 0 aliphatic heterocycles. The van der Waals surface area contributed by atoms with Gasteiger partial charge in [-0.2, -0.15) is 0 Å². The number of nitrogens with one attached hydrogen (secondary N) is 2. The second-order valence-electron chi connectivity index (χ2n) is 5.94. The van der Waals surface area contributed by atoms with Crippen LogP contribution < -0.4 is 10.0 Å². The first-order valence-electron chi connectivity index (χ1n) is 7.30. The molecule has 3 unspecified atom stereocenters. The van der Waals surface area contributed by atoms with Crippen LogP contribution in [0.1, 0.15) is 32.3 Å². The van der Waals surface area contributed by atoms with E-state index in [0.717, 1.165) is 18.4 Å². The lowest BCUT2D eigenvalue weighted by Gasteiger charge is -2.20. The largest absolute Gasteiger partial charge is 0.316 e. The second-order valence-corrected chi connectivity index (χ2v) is 8.47. The molecule has 0 radical (unpaired) electrons. The molecule has 0 heterocycles. The first-order chi connectivity index (χ1) is 9.85. The van der Waals surface area contributed by atoms with Crippen LogP contribution in [0.3, 0.4) is 0 Å². The van der Waals surface area contributed by atoms with Gasteiger partial charge in [0.15, 0.2) is 0 Å². The van der Waals surface area contributed by atoms with Crippen molar-refractivity contribution in [1.29, 1.82) is 0 Å². The van der Waals surface area contributed by atoms with Crippen LogP contribution in [0, 0.1) is 11.8 Å². The van der Waals surface area contributed by atoms with Crippen LogP contribution in [-0.2, 0) is 16.6 Å². The van der Waals surface area contributed by atoms with Crippen molar-refractivity contribution in [2.75, 3.05) is 7.05 Å². The molecule has 0 amide bonds. The molecule has 2 N–H and O–H groups in total. The van der Waals surface area contributed by atoms with Gasteiger partial charge in [0.1, 0.15) is 0 Å². The molecule has 3 atom stereocenters. The van der Waals surface area contributed by atoms with Gasteiger partial charge in [-0.25, -0.2) is 13.1 Å². The third kappa shape index (κ3) is 3.86. The highest BCUT2D eigenvalue weighted by molar-refractivity contribution is 9.10. The minimum absolute atomic E-state index is 0.0323. The quantitative estimate of drug-likeness (QED) is 0.832. The van der Waals surface area contributed by atoms with E-state index in [1.165, 1.54) is 0 Å². The molecule has 1 fully saturated rings. The molecule has 1 aliphatic rings. The molecular formula is C15H23BrN2O2S. The molecule has 0 aromatic heterocycles. The van der Waals surface area contributed by atoms with Crippen molar-refractivity contribution in [1.82, 2.24) is 10.0 Å². The summed E-state index contributed by atoms with van der Waals surface area (Å²) in [7, 11) is -1.65. The zero-order valence-corrected chi connectivity index (χ0v) is 15.1. The Morgan fingerprint density at radius 2 is 2.00 bits per heavy atom. The van der Waals surface area contributed by atoms with E-state index < -0.39 is 10.0 Å². The van der Waals surface area contributed by atoms with Crippen molar-refractivity contribution in [3.05, 3.63) is 28.2 Å². The molecule has 1 aromatic carbocycles. The van der Waals surface area contributed by atoms with Crippen molar-refractivity contribution in [3.63, 3.8) is 0 Å². The minimum atomic E-state index is -3.50. The van der Waals surface area contributed by atoms with E-state index >= 15 is 0 Å². The van der Waals surface area contributed by atoms with Gasteiger partial charge in [-0.3, -0.25) is 0 Å². The standard InChI is InChI=1S/C15H23BrN2O2S/c1-10-4-7-14(11(10)2)18-21(19,20)15-8-12(9-17-3)5-6-13(15)16/h5-6,8,10-11,14,17-18H,4,7,9H2,1-3H3. The summed E-state index contributed by atoms with van der Waals surface area (Å²) in [6, 6.07) is 5.47. The Labute approximate surface area is 135 Å². The van der Waals surface area contributed by atoms with Crippen molar-refractivity contribution >= 4 is 26.0 Å². The summed E-state index contributed by atoms with van der Waals surface area (Å²) >= 11 is 3.35. The van der Waals surface area contributed by atoms with Crippen LogP contribution in [0.15, 0.2) is 27.6 Å². The van der Waals surface area contributed by atoms with Crippen molar-refractivity contribution in [3.8, 4) is 0 Å². The zero-order chi connectivity index (χ0) is 15.6. The lowest BCUT2D eigenvalue weighted by atomic mass is 9.98. The number of rotatable bonds is 5. The maximum atomic E-state index is 12.7. The summed E-state index contributed by atoms with van der Waals surface area (Å²) < 4.78 is 28.8. The Balaban J connectivity index is 2.25. The summed E-state index contributed by atoms with van der Waals surface area (Å²) in [5, 5.41) is 3.04. The Morgan fingerprint density at radius 3 is 2.57 bits per heavy atom. The van der Waals surface area contributed by atoms with Crippen LogP contribution >= 0.6 is 15.9 Å². The molecule has 0 saturated heterocycles. The highest BCUT2D eigenvalue weighted by Gasteiger charge is 2.33. The van der Waals surface area contributed by atoms with Crippen LogP contribution in [0.25, 0.3) is 0 Å². The third-order valence-electron chi connectivity index (χ3n) is 4.44. The highest BCUT2D eigenvalue weighted by Crippen LogP contribution is 2.33. The molecule has 4 nitrogen and oxygen atoms in total. The van der Waals surface area contributed by atoms with Crippen LogP contribution in [0.2, 0.25) is 0 Å². The molecule has 1 saturated carbocycles. The summed E-state index contributed by atoms with van der Waals surface area (Å²) in [5.74, 6) is 0.941. The van der Waals surface area contributed by atoms with Gasteiger partial charge in [0.2, 0.25) is 10.0 Å². The van der Waals surface area contributed by atoms with Crippen molar-refractivity contribution < 1.29 is 8.42 Å². The van der Waals surface area contributed by atoms with Gasteiger partial charge in [-0.1, -0.05) is 19.9 Å². The number of halogens is 1. The van der Waals surface area contributed by atoms with Gasteiger partial charge in [0.25, 0.3) is 0 Å². The van der Waals surface area contributed by atoms with E-state index in [1.54, 1.807) is 12.1 Å². The number of sulfonamides is 1. The van der Waals surface area contributed by atoms with E-state index in [2.05, 4.69) is 39.8 Å². The smallest absolute Gasteiger partial charge is 0.241 e. The number of hydrogen-bond acceptors (Lipinski definition) is 3. The molecule has 118 valence electrons. The number of hydrogen-bond donors (Lipinski definition) is 2. The fourth-order valence-corrected chi connectivity index (χ4v) is 5.24. The molecule has 0 bridgehead atoms. The maximum absolute atomic E-state index is 12.7. The molecule has 6 heteroatoms. The van der Waals surface area contributed by atoms with E-state index in [9.17, 15) is 8.42 Å². The van der Waals surface area contributed by atoms with Crippen molar-refractivity contribution in [2.45, 2.75) is 44.2 Å². The summed E-state index contributed by atoms with van der Waals surface area (Å²) in [6.07, 6.45) is 1.99. The molecule has 0 spiro atoms. The SMILES string of the molecule is CNCc1ccc(Br)c(S(=O)(=O)NC2CCC(C)C2C)c1. The summed E-state index contributed by atoms with van der Waals surface area (Å²) in [6.45, 7) is 4.95. The minimum Gasteiger partial charge on any atom is -0.316 e. The molecule has 1 aromatic rings.